The second kappa shape index (κ2) is 8.13. The average molecular weight is 423 g/mol. The van der Waals surface area contributed by atoms with E-state index in [1.165, 1.54) is 17.3 Å². The summed E-state index contributed by atoms with van der Waals surface area (Å²) in [5, 5.41) is 0. The number of nitrogens with zero attached hydrogens (tertiary/aromatic N) is 2. The van der Waals surface area contributed by atoms with Crippen molar-refractivity contribution >= 4 is 51.4 Å². The van der Waals surface area contributed by atoms with Crippen LogP contribution in [0.5, 0.6) is 0 Å². The van der Waals surface area contributed by atoms with Crippen molar-refractivity contribution in [2.45, 2.75) is 33.2 Å². The Balaban J connectivity index is 1.69. The zero-order valence-electron chi connectivity index (χ0n) is 16.5. The Hall–Kier alpha value is -2.44. The molecular formula is C23H22N2O2S2. The lowest BCUT2D eigenvalue weighted by molar-refractivity contribution is -0.122. The normalized spacial score (nSPS) is 18.8. The number of hydrogen-bond acceptors (Lipinski definition) is 4. The summed E-state index contributed by atoms with van der Waals surface area (Å²) < 4.78 is 0.496. The Morgan fingerprint density at radius 2 is 1.69 bits per heavy atom. The van der Waals surface area contributed by atoms with Crippen LogP contribution in [-0.4, -0.2) is 27.6 Å². The van der Waals surface area contributed by atoms with Gasteiger partial charge in [0, 0.05) is 12.1 Å². The SMILES string of the molecule is CCCCN1C(=O)C(=C2SC(=S)N(Cc3ccc(C)cc3)C2=O)c2ccccc21. The number of amides is 2. The van der Waals surface area contributed by atoms with E-state index in [4.69, 9.17) is 12.2 Å². The van der Waals surface area contributed by atoms with Crippen molar-refractivity contribution in [3.63, 3.8) is 0 Å². The minimum atomic E-state index is -0.184. The topological polar surface area (TPSA) is 40.6 Å². The Kier molecular flexibility index (Phi) is 5.56. The quantitative estimate of drug-likeness (QED) is 0.507. The van der Waals surface area contributed by atoms with Crippen LogP contribution in [0.4, 0.5) is 5.69 Å². The molecule has 4 rings (SSSR count). The molecule has 2 amide bonds. The third kappa shape index (κ3) is 3.63. The summed E-state index contributed by atoms with van der Waals surface area (Å²) in [5.74, 6) is -0.286. The molecule has 0 aromatic heterocycles. The first-order chi connectivity index (χ1) is 14.0. The predicted octanol–water partition coefficient (Wildman–Crippen LogP) is 4.91. The number of carbonyl (C=O) groups is 2. The molecule has 2 heterocycles. The monoisotopic (exact) mass is 422 g/mol. The zero-order chi connectivity index (χ0) is 20.5. The van der Waals surface area contributed by atoms with E-state index in [0.717, 1.165) is 29.7 Å². The molecule has 0 atom stereocenters. The van der Waals surface area contributed by atoms with Crippen molar-refractivity contribution in [3.05, 3.63) is 70.1 Å². The fourth-order valence-corrected chi connectivity index (χ4v) is 4.93. The van der Waals surface area contributed by atoms with Crippen LogP contribution in [0.3, 0.4) is 0 Å². The number of benzene rings is 2. The molecule has 2 aliphatic heterocycles. The van der Waals surface area contributed by atoms with E-state index in [0.29, 0.717) is 27.9 Å². The third-order valence-electron chi connectivity index (χ3n) is 5.20. The number of hydrogen-bond donors (Lipinski definition) is 0. The van der Waals surface area contributed by atoms with E-state index in [2.05, 4.69) is 6.92 Å². The summed E-state index contributed by atoms with van der Waals surface area (Å²) in [5.41, 5.74) is 4.37. The summed E-state index contributed by atoms with van der Waals surface area (Å²) in [6.07, 6.45) is 1.92. The molecule has 0 bridgehead atoms. The minimum Gasteiger partial charge on any atom is -0.308 e. The molecule has 0 saturated carbocycles. The van der Waals surface area contributed by atoms with E-state index in [9.17, 15) is 9.59 Å². The third-order valence-corrected chi connectivity index (χ3v) is 6.64. The van der Waals surface area contributed by atoms with Crippen LogP contribution in [0, 0.1) is 6.92 Å². The number of thiocarbonyl (C=S) groups is 1. The maximum atomic E-state index is 13.3. The highest BCUT2D eigenvalue weighted by Crippen LogP contribution is 2.44. The number of rotatable bonds is 5. The number of carbonyl (C=O) groups excluding carboxylic acids is 2. The number of aryl methyl sites for hydroxylation is 1. The van der Waals surface area contributed by atoms with E-state index < -0.39 is 0 Å². The molecular weight excluding hydrogens is 400 g/mol. The molecule has 2 aliphatic rings. The molecule has 6 heteroatoms. The van der Waals surface area contributed by atoms with Crippen LogP contribution in [0.25, 0.3) is 5.57 Å². The lowest BCUT2D eigenvalue weighted by Gasteiger charge is -2.16. The van der Waals surface area contributed by atoms with Gasteiger partial charge in [-0.25, -0.2) is 0 Å². The van der Waals surface area contributed by atoms with E-state index in [1.807, 2.05) is 55.5 Å². The van der Waals surface area contributed by atoms with Gasteiger partial charge >= 0.3 is 0 Å². The fourth-order valence-electron chi connectivity index (χ4n) is 3.60. The largest absolute Gasteiger partial charge is 0.308 e. The van der Waals surface area contributed by atoms with Crippen molar-refractivity contribution in [2.75, 3.05) is 11.4 Å². The van der Waals surface area contributed by atoms with Gasteiger partial charge in [0.15, 0.2) is 0 Å². The molecule has 2 aromatic carbocycles. The molecule has 0 radical (unpaired) electrons. The van der Waals surface area contributed by atoms with Gasteiger partial charge in [-0.2, -0.15) is 0 Å². The molecule has 4 nitrogen and oxygen atoms in total. The van der Waals surface area contributed by atoms with Gasteiger partial charge in [0.05, 0.1) is 22.7 Å². The maximum absolute atomic E-state index is 13.3. The smallest absolute Gasteiger partial charge is 0.267 e. The van der Waals surface area contributed by atoms with Crippen molar-refractivity contribution in [1.29, 1.82) is 0 Å². The molecule has 0 spiro atoms. The number of unbranched alkanes of at least 4 members (excludes halogenated alkanes) is 1. The van der Waals surface area contributed by atoms with Gasteiger partial charge in [0.2, 0.25) is 0 Å². The van der Waals surface area contributed by atoms with E-state index in [1.54, 1.807) is 9.80 Å². The number of thioether (sulfide) groups is 1. The van der Waals surface area contributed by atoms with Crippen molar-refractivity contribution < 1.29 is 9.59 Å². The van der Waals surface area contributed by atoms with Gasteiger partial charge < -0.3 is 4.90 Å². The Labute approximate surface area is 180 Å². The molecule has 0 N–H and O–H groups in total. The lowest BCUT2D eigenvalue weighted by Crippen LogP contribution is -2.29. The zero-order valence-corrected chi connectivity index (χ0v) is 18.1. The average Bonchev–Trinajstić information content (AvgIpc) is 3.15. The number of fused-ring (bicyclic) bond motifs is 1. The first kappa shape index (κ1) is 19.9. The summed E-state index contributed by atoms with van der Waals surface area (Å²) in [4.78, 5) is 30.3. The molecule has 2 aromatic rings. The van der Waals surface area contributed by atoms with Gasteiger partial charge in [0.1, 0.15) is 4.32 Å². The summed E-state index contributed by atoms with van der Waals surface area (Å²) in [6, 6.07) is 15.7. The molecule has 0 unspecified atom stereocenters. The standard InChI is InChI=1S/C23H22N2O2S2/c1-3-4-13-24-18-8-6-5-7-17(18)19(21(24)26)20-22(27)25(23(28)29-20)14-16-11-9-15(2)10-12-16/h5-12H,3-4,13-14H2,1-2H3. The Bertz CT molecular complexity index is 1030. The highest BCUT2D eigenvalue weighted by atomic mass is 32.2. The fraction of sp³-hybridized carbons (Fsp3) is 0.261. The van der Waals surface area contributed by atoms with Crippen molar-refractivity contribution in [1.82, 2.24) is 4.90 Å². The minimum absolute atomic E-state index is 0.101. The summed E-state index contributed by atoms with van der Waals surface area (Å²) in [6.45, 7) is 5.20. The highest BCUT2D eigenvalue weighted by molar-refractivity contribution is 8.26. The van der Waals surface area contributed by atoms with Crippen LogP contribution >= 0.6 is 24.0 Å². The van der Waals surface area contributed by atoms with Crippen molar-refractivity contribution in [3.8, 4) is 0 Å². The number of anilines is 1. The van der Waals surface area contributed by atoms with Gasteiger partial charge in [0.25, 0.3) is 11.8 Å². The second-order valence-electron chi connectivity index (χ2n) is 7.28. The van der Waals surface area contributed by atoms with E-state index >= 15 is 0 Å². The van der Waals surface area contributed by atoms with Crippen molar-refractivity contribution in [2.24, 2.45) is 0 Å². The number of para-hydroxylation sites is 1. The van der Waals surface area contributed by atoms with Gasteiger partial charge in [-0.05, 0) is 25.0 Å². The van der Waals surface area contributed by atoms with Crippen LogP contribution in [0.2, 0.25) is 0 Å². The van der Waals surface area contributed by atoms with Gasteiger partial charge in [-0.3, -0.25) is 14.5 Å². The molecule has 0 aliphatic carbocycles. The van der Waals surface area contributed by atoms with Crippen LogP contribution in [0.1, 0.15) is 36.5 Å². The molecule has 1 fully saturated rings. The Morgan fingerprint density at radius 1 is 0.966 bits per heavy atom. The maximum Gasteiger partial charge on any atom is 0.267 e. The van der Waals surface area contributed by atoms with Crippen LogP contribution in [-0.2, 0) is 16.1 Å². The summed E-state index contributed by atoms with van der Waals surface area (Å²) >= 11 is 6.74. The first-order valence-corrected chi connectivity index (χ1v) is 11.0. The first-order valence-electron chi connectivity index (χ1n) is 9.76. The van der Waals surface area contributed by atoms with Gasteiger partial charge in [-0.15, -0.1) is 0 Å². The highest BCUT2D eigenvalue weighted by Gasteiger charge is 2.41. The molecule has 29 heavy (non-hydrogen) atoms. The Morgan fingerprint density at radius 3 is 2.41 bits per heavy atom. The van der Waals surface area contributed by atoms with E-state index in [-0.39, 0.29) is 11.8 Å². The lowest BCUT2D eigenvalue weighted by atomic mass is 10.1. The van der Waals surface area contributed by atoms with Crippen LogP contribution in [0.15, 0.2) is 53.4 Å². The second-order valence-corrected chi connectivity index (χ2v) is 8.92. The van der Waals surface area contributed by atoms with Gasteiger partial charge in [-0.1, -0.05) is 85.4 Å². The van der Waals surface area contributed by atoms with Crippen LogP contribution < -0.4 is 4.90 Å². The summed E-state index contributed by atoms with van der Waals surface area (Å²) in [7, 11) is 0. The molecule has 148 valence electrons. The molecule has 1 saturated heterocycles. The predicted molar refractivity (Wildman–Crippen MR) is 123 cm³/mol.